The molecule has 1 heteroatoms. The summed E-state index contributed by atoms with van der Waals surface area (Å²) >= 11 is 0. The quantitative estimate of drug-likeness (QED) is 0.548. The monoisotopic (exact) mass is 187 g/mol. The van der Waals surface area contributed by atoms with Crippen LogP contribution in [-0.4, -0.2) is 6.21 Å². The zero-order valence-corrected chi connectivity index (χ0v) is 8.83. The van der Waals surface area contributed by atoms with Crippen molar-refractivity contribution >= 4 is 6.21 Å². The van der Waals surface area contributed by atoms with E-state index in [4.69, 9.17) is 5.41 Å². The molecule has 1 rings (SSSR count). The van der Waals surface area contributed by atoms with E-state index in [0.29, 0.717) is 5.92 Å². The molecular weight excluding hydrogens is 170 g/mol. The minimum atomic E-state index is 0.561. The Morgan fingerprint density at radius 2 is 1.93 bits per heavy atom. The summed E-state index contributed by atoms with van der Waals surface area (Å²) in [5, 5.41) is 7.10. The minimum absolute atomic E-state index is 0.561. The van der Waals surface area contributed by atoms with Crippen molar-refractivity contribution in [3.63, 3.8) is 0 Å². The lowest BCUT2D eigenvalue weighted by Gasteiger charge is -2.08. The number of nitrogens with one attached hydrogen (secondary N) is 1. The van der Waals surface area contributed by atoms with E-state index in [-0.39, 0.29) is 0 Å². The smallest absolute Gasteiger partial charge is 0.0250 e. The van der Waals surface area contributed by atoms with Gasteiger partial charge >= 0.3 is 0 Å². The standard InChI is InChI=1S/C13H17N/c1-3-4-5-11(2)13-8-6-12(10-14)7-9-13/h3-4,6-11,14H,5H2,1-2H3/b4-3+,14-10?. The van der Waals surface area contributed by atoms with Gasteiger partial charge in [0.2, 0.25) is 0 Å². The number of hydrogen-bond donors (Lipinski definition) is 1. The van der Waals surface area contributed by atoms with Crippen molar-refractivity contribution in [2.24, 2.45) is 0 Å². The molecule has 1 aromatic carbocycles. The van der Waals surface area contributed by atoms with E-state index in [1.165, 1.54) is 11.8 Å². The van der Waals surface area contributed by atoms with Gasteiger partial charge in [-0.05, 0) is 30.4 Å². The average Bonchev–Trinajstić information content (AvgIpc) is 2.26. The summed E-state index contributed by atoms with van der Waals surface area (Å²) in [6.45, 7) is 4.27. The van der Waals surface area contributed by atoms with Gasteiger partial charge in [0.1, 0.15) is 0 Å². The van der Waals surface area contributed by atoms with Crippen LogP contribution in [0.15, 0.2) is 36.4 Å². The molecule has 1 unspecified atom stereocenters. The van der Waals surface area contributed by atoms with Crippen LogP contribution >= 0.6 is 0 Å². The lowest BCUT2D eigenvalue weighted by atomic mass is 9.97. The lowest BCUT2D eigenvalue weighted by Crippen LogP contribution is -1.92. The normalized spacial score (nSPS) is 13.0. The van der Waals surface area contributed by atoms with Crippen molar-refractivity contribution in [2.45, 2.75) is 26.2 Å². The Labute approximate surface area is 86.0 Å². The first-order valence-corrected chi connectivity index (χ1v) is 4.99. The molecule has 74 valence electrons. The van der Waals surface area contributed by atoms with Gasteiger partial charge in [0.25, 0.3) is 0 Å². The first-order valence-electron chi connectivity index (χ1n) is 4.99. The van der Waals surface area contributed by atoms with Crippen molar-refractivity contribution in [3.05, 3.63) is 47.5 Å². The van der Waals surface area contributed by atoms with Crippen molar-refractivity contribution in [3.8, 4) is 0 Å². The van der Waals surface area contributed by atoms with Gasteiger partial charge in [0.05, 0.1) is 0 Å². The second-order valence-corrected chi connectivity index (χ2v) is 3.52. The molecule has 0 bridgehead atoms. The third kappa shape index (κ3) is 2.84. The molecule has 0 aliphatic heterocycles. The molecule has 0 aliphatic carbocycles. The van der Waals surface area contributed by atoms with Gasteiger partial charge in [-0.2, -0.15) is 0 Å². The number of allylic oxidation sites excluding steroid dienone is 2. The summed E-state index contributed by atoms with van der Waals surface area (Å²) in [4.78, 5) is 0. The van der Waals surface area contributed by atoms with Crippen molar-refractivity contribution in [1.82, 2.24) is 0 Å². The van der Waals surface area contributed by atoms with Crippen LogP contribution in [0.5, 0.6) is 0 Å². The Morgan fingerprint density at radius 1 is 1.29 bits per heavy atom. The van der Waals surface area contributed by atoms with Crippen molar-refractivity contribution in [1.29, 1.82) is 5.41 Å². The molecule has 0 heterocycles. The molecule has 0 fully saturated rings. The maximum Gasteiger partial charge on any atom is 0.0250 e. The van der Waals surface area contributed by atoms with E-state index in [1.54, 1.807) is 0 Å². The Kier molecular flexibility index (Phi) is 4.11. The van der Waals surface area contributed by atoms with Crippen LogP contribution in [0.2, 0.25) is 0 Å². The summed E-state index contributed by atoms with van der Waals surface area (Å²) in [7, 11) is 0. The van der Waals surface area contributed by atoms with Gasteiger partial charge in [0, 0.05) is 6.21 Å². The van der Waals surface area contributed by atoms with Gasteiger partial charge in [-0.15, -0.1) is 0 Å². The SMILES string of the molecule is C/C=C/CC(C)c1ccc(C=N)cc1. The predicted molar refractivity (Wildman–Crippen MR) is 62.2 cm³/mol. The third-order valence-corrected chi connectivity index (χ3v) is 2.40. The Balaban J connectivity index is 2.70. The molecule has 0 spiro atoms. The maximum absolute atomic E-state index is 7.10. The molecule has 14 heavy (non-hydrogen) atoms. The largest absolute Gasteiger partial charge is 0.308 e. The summed E-state index contributed by atoms with van der Waals surface area (Å²) in [6.07, 6.45) is 6.73. The predicted octanol–water partition coefficient (Wildman–Crippen LogP) is 3.75. The van der Waals surface area contributed by atoms with Crippen LogP contribution in [0.3, 0.4) is 0 Å². The van der Waals surface area contributed by atoms with E-state index in [0.717, 1.165) is 12.0 Å². The number of benzene rings is 1. The van der Waals surface area contributed by atoms with Crippen LogP contribution < -0.4 is 0 Å². The highest BCUT2D eigenvalue weighted by Gasteiger charge is 2.02. The second kappa shape index (κ2) is 5.38. The molecular formula is C13H17N. The van der Waals surface area contributed by atoms with Crippen LogP contribution in [0.1, 0.15) is 37.3 Å². The summed E-state index contributed by atoms with van der Waals surface area (Å²) in [5.41, 5.74) is 2.31. The minimum Gasteiger partial charge on any atom is -0.308 e. The molecule has 1 aromatic rings. The molecule has 0 saturated carbocycles. The molecule has 1 nitrogen and oxygen atoms in total. The fourth-order valence-electron chi connectivity index (χ4n) is 1.40. The van der Waals surface area contributed by atoms with E-state index in [2.05, 4.69) is 31.2 Å². The van der Waals surface area contributed by atoms with Gasteiger partial charge in [-0.3, -0.25) is 0 Å². The first kappa shape index (κ1) is 10.7. The zero-order valence-electron chi connectivity index (χ0n) is 8.83. The summed E-state index contributed by atoms with van der Waals surface area (Å²) in [6, 6.07) is 8.20. The van der Waals surface area contributed by atoms with Gasteiger partial charge in [-0.25, -0.2) is 0 Å². The molecule has 0 saturated heterocycles. The summed E-state index contributed by atoms with van der Waals surface area (Å²) in [5.74, 6) is 0.561. The van der Waals surface area contributed by atoms with E-state index < -0.39 is 0 Å². The Morgan fingerprint density at radius 3 is 2.43 bits per heavy atom. The number of rotatable bonds is 4. The molecule has 1 N–H and O–H groups in total. The Bertz CT molecular complexity index is 309. The van der Waals surface area contributed by atoms with Crippen molar-refractivity contribution in [2.75, 3.05) is 0 Å². The second-order valence-electron chi connectivity index (χ2n) is 3.52. The highest BCUT2D eigenvalue weighted by atomic mass is 14.3. The van der Waals surface area contributed by atoms with Crippen LogP contribution in [0.4, 0.5) is 0 Å². The molecule has 1 atom stereocenters. The molecule has 0 aromatic heterocycles. The third-order valence-electron chi connectivity index (χ3n) is 2.40. The van der Waals surface area contributed by atoms with Crippen LogP contribution in [0, 0.1) is 5.41 Å². The van der Waals surface area contributed by atoms with E-state index in [1.807, 2.05) is 19.1 Å². The fourth-order valence-corrected chi connectivity index (χ4v) is 1.40. The van der Waals surface area contributed by atoms with Crippen LogP contribution in [0.25, 0.3) is 0 Å². The van der Waals surface area contributed by atoms with Gasteiger partial charge < -0.3 is 5.41 Å². The van der Waals surface area contributed by atoms with Crippen LogP contribution in [-0.2, 0) is 0 Å². The number of hydrogen-bond acceptors (Lipinski definition) is 1. The Hall–Kier alpha value is -1.37. The molecule has 0 amide bonds. The van der Waals surface area contributed by atoms with Gasteiger partial charge in [-0.1, -0.05) is 43.3 Å². The van der Waals surface area contributed by atoms with Crippen molar-refractivity contribution < 1.29 is 0 Å². The zero-order chi connectivity index (χ0) is 10.4. The van der Waals surface area contributed by atoms with Gasteiger partial charge in [0.15, 0.2) is 0 Å². The van der Waals surface area contributed by atoms with E-state index >= 15 is 0 Å². The highest BCUT2D eigenvalue weighted by Crippen LogP contribution is 2.19. The molecule has 0 aliphatic rings. The molecule has 0 radical (unpaired) electrons. The highest BCUT2D eigenvalue weighted by molar-refractivity contribution is 5.76. The topological polar surface area (TPSA) is 23.9 Å². The maximum atomic E-state index is 7.10. The van der Waals surface area contributed by atoms with E-state index in [9.17, 15) is 0 Å². The fraction of sp³-hybridized carbons (Fsp3) is 0.308. The lowest BCUT2D eigenvalue weighted by molar-refractivity contribution is 0.780. The first-order chi connectivity index (χ1) is 6.77. The average molecular weight is 187 g/mol. The summed E-state index contributed by atoms with van der Waals surface area (Å²) < 4.78 is 0.